The molecular formula is C41H52F3N6O9S+. The number of hydrogen-bond donors (Lipinski definition) is 2. The molecular weight excluding hydrogens is 810 g/mol. The van der Waals surface area contributed by atoms with Gasteiger partial charge in [0.05, 0.1) is 35.4 Å². The lowest BCUT2D eigenvalue weighted by Gasteiger charge is -2.37. The number of amides is 4. The average molecular weight is 862 g/mol. The van der Waals surface area contributed by atoms with Crippen LogP contribution in [0.3, 0.4) is 0 Å². The van der Waals surface area contributed by atoms with Crippen LogP contribution in [-0.4, -0.2) is 106 Å². The predicted octanol–water partition coefficient (Wildman–Crippen LogP) is 4.98. The zero-order valence-corrected chi connectivity index (χ0v) is 35.2. The van der Waals surface area contributed by atoms with E-state index in [9.17, 15) is 40.8 Å². The molecule has 326 valence electrons. The Labute approximate surface area is 346 Å². The molecule has 2 aromatic heterocycles. The number of nitrogens with one attached hydrogen (secondary N) is 2. The summed E-state index contributed by atoms with van der Waals surface area (Å²) in [4.78, 5) is 66.6. The maximum absolute atomic E-state index is 15.0. The van der Waals surface area contributed by atoms with Gasteiger partial charge in [-0.2, -0.15) is 17.7 Å². The summed E-state index contributed by atoms with van der Waals surface area (Å²) in [5.74, 6) is -3.58. The van der Waals surface area contributed by atoms with Gasteiger partial charge in [0.2, 0.25) is 21.8 Å². The number of carbonyl (C=O) groups is 4. The van der Waals surface area contributed by atoms with Crippen molar-refractivity contribution in [2.24, 2.45) is 11.8 Å². The van der Waals surface area contributed by atoms with Gasteiger partial charge in [0.15, 0.2) is 17.5 Å². The Morgan fingerprint density at radius 1 is 1.08 bits per heavy atom. The summed E-state index contributed by atoms with van der Waals surface area (Å²) in [6.07, 6.45) is 0.347. The van der Waals surface area contributed by atoms with Crippen molar-refractivity contribution in [2.45, 2.75) is 139 Å². The van der Waals surface area contributed by atoms with Crippen molar-refractivity contribution in [1.29, 1.82) is 0 Å². The van der Waals surface area contributed by atoms with Crippen molar-refractivity contribution >= 4 is 51.6 Å². The molecule has 0 radical (unpaired) electrons. The highest BCUT2D eigenvalue weighted by molar-refractivity contribution is 7.91. The second kappa shape index (κ2) is 15.6. The van der Waals surface area contributed by atoms with Crippen molar-refractivity contribution in [1.82, 2.24) is 24.9 Å². The first-order valence-corrected chi connectivity index (χ1v) is 21.9. The second-order valence-corrected chi connectivity index (χ2v) is 19.7. The number of ether oxygens (including phenoxy) is 3. The maximum atomic E-state index is 15.0. The fourth-order valence-corrected chi connectivity index (χ4v) is 9.74. The van der Waals surface area contributed by atoms with Crippen LogP contribution in [0.1, 0.15) is 103 Å². The van der Waals surface area contributed by atoms with E-state index in [1.54, 1.807) is 13.0 Å². The van der Waals surface area contributed by atoms with Crippen LogP contribution < -0.4 is 19.5 Å². The minimum absolute atomic E-state index is 0.00837. The predicted molar refractivity (Wildman–Crippen MR) is 211 cm³/mol. The van der Waals surface area contributed by atoms with E-state index in [0.717, 1.165) is 4.58 Å². The number of alkyl halides is 3. The first kappa shape index (κ1) is 43.3. The third-order valence-electron chi connectivity index (χ3n) is 13.0. The van der Waals surface area contributed by atoms with Crippen LogP contribution in [0.4, 0.5) is 18.0 Å². The Morgan fingerprint density at radius 2 is 1.82 bits per heavy atom. The molecule has 6 atom stereocenters. The van der Waals surface area contributed by atoms with Gasteiger partial charge in [0, 0.05) is 24.5 Å². The van der Waals surface area contributed by atoms with Gasteiger partial charge in [-0.3, -0.25) is 9.59 Å². The number of aromatic nitrogens is 2. The van der Waals surface area contributed by atoms with Gasteiger partial charge in [-0.05, 0) is 70.8 Å². The lowest BCUT2D eigenvalue weighted by atomic mass is 9.87. The highest BCUT2D eigenvalue weighted by atomic mass is 32.2. The number of halogens is 3. The topological polar surface area (TPSA) is 186 Å². The minimum Gasteiger partial charge on any atom is -0.483 e. The molecule has 0 bridgehead atoms. The molecule has 19 heteroatoms. The van der Waals surface area contributed by atoms with E-state index < -0.39 is 91.5 Å². The van der Waals surface area contributed by atoms with Crippen LogP contribution in [-0.2, 0) is 41.7 Å². The van der Waals surface area contributed by atoms with E-state index in [1.165, 1.54) is 31.1 Å². The Bertz CT molecular complexity index is 2260. The summed E-state index contributed by atoms with van der Waals surface area (Å²) in [6.45, 7) is 10.6. The molecule has 15 nitrogen and oxygen atoms in total. The summed E-state index contributed by atoms with van der Waals surface area (Å²) < 4.78 is 90.1. The van der Waals surface area contributed by atoms with Crippen LogP contribution in [0.5, 0.6) is 11.6 Å². The van der Waals surface area contributed by atoms with Gasteiger partial charge < -0.3 is 24.4 Å². The number of hydrogen-bond acceptors (Lipinski definition) is 11. The molecule has 2 N–H and O–H groups in total. The molecule has 7 rings (SSSR count). The Hall–Kier alpha value is -4.81. The monoisotopic (exact) mass is 861 g/mol. The molecule has 3 fully saturated rings. The molecule has 5 aliphatic rings. The van der Waals surface area contributed by atoms with Crippen LogP contribution in [0, 0.1) is 11.8 Å². The quantitative estimate of drug-likeness (QED) is 0.283. The lowest BCUT2D eigenvalue weighted by Crippen LogP contribution is -2.57. The largest absolute Gasteiger partial charge is 0.483 e. The number of carbonyl (C=O) groups excluding carboxylic acids is 4. The highest BCUT2D eigenvalue weighted by Crippen LogP contribution is 2.52. The molecule has 1 saturated heterocycles. The SMILES string of the molecule is C=[N+]1C(=O)C2CC3(CCc4c(c(C(F)(F)F)nc5ccc(OC)nc45)O3)CN2C(=O)C(NC(=O)OC(C)C(C)C)CCCCCC=CC2CC21C(=O)NS(=O)(=O)C1(C)CC1. The van der Waals surface area contributed by atoms with Gasteiger partial charge in [-0.15, -0.1) is 0 Å². The maximum Gasteiger partial charge on any atom is 0.437 e. The molecule has 1 spiro atoms. The van der Waals surface area contributed by atoms with Crippen LogP contribution in [0.2, 0.25) is 0 Å². The Morgan fingerprint density at radius 3 is 2.48 bits per heavy atom. The number of allylic oxidation sites excluding steroid dienone is 1. The smallest absolute Gasteiger partial charge is 0.437 e. The summed E-state index contributed by atoms with van der Waals surface area (Å²) in [5, 5.41) is 2.68. The molecule has 6 unspecified atom stereocenters. The second-order valence-electron chi connectivity index (χ2n) is 17.5. The number of aryl methyl sites for hydroxylation is 1. The van der Waals surface area contributed by atoms with Gasteiger partial charge >= 0.3 is 24.1 Å². The van der Waals surface area contributed by atoms with E-state index >= 15 is 0 Å². The molecule has 2 aliphatic carbocycles. The van der Waals surface area contributed by atoms with Crippen molar-refractivity contribution in [2.75, 3.05) is 13.7 Å². The first-order valence-electron chi connectivity index (χ1n) is 20.4. The van der Waals surface area contributed by atoms with E-state index in [4.69, 9.17) is 14.2 Å². The number of pyridine rings is 2. The molecule has 5 heterocycles. The van der Waals surface area contributed by atoms with E-state index in [2.05, 4.69) is 26.7 Å². The molecule has 3 aliphatic heterocycles. The number of sulfonamides is 1. The fraction of sp³-hybridized carbons (Fsp3) is 0.634. The zero-order valence-electron chi connectivity index (χ0n) is 34.4. The fourth-order valence-electron chi connectivity index (χ4n) is 8.43. The molecule has 2 aromatic rings. The highest BCUT2D eigenvalue weighted by Gasteiger charge is 2.72. The standard InChI is InChI=1S/C41H51F3N6O9S/c1-23(2)24(3)58-37(54)46-28-13-11-9-7-8-10-12-25-20-40(25,36(53)48-60(55,56)38(4)18-19-38)49(5)35(52)29-21-39(22-50(29)34(28)51)17-16-26-31-27(14-15-30(47-31)57-6)45-33(32(26)59-39)41(42,43)44/h10,12,14-15,23-25,28-29H,5,7-9,11,13,16-22H2,1-4,6H3,(H-,46,48,53,54)/p+1. The summed E-state index contributed by atoms with van der Waals surface area (Å²) in [7, 11) is -2.77. The Kier molecular flexibility index (Phi) is 11.2. The molecule has 0 aromatic carbocycles. The summed E-state index contributed by atoms with van der Waals surface area (Å²) >= 11 is 0. The third kappa shape index (κ3) is 7.93. The number of nitrogens with zero attached hydrogens (tertiary/aromatic N) is 4. The van der Waals surface area contributed by atoms with Gasteiger partial charge in [-0.25, -0.2) is 32.7 Å². The van der Waals surface area contributed by atoms with Crippen LogP contribution in [0.15, 0.2) is 24.3 Å². The number of fused-ring (bicyclic) bond motifs is 5. The van der Waals surface area contributed by atoms with Crippen molar-refractivity contribution in [3.05, 3.63) is 35.5 Å². The van der Waals surface area contributed by atoms with Crippen molar-refractivity contribution < 1.29 is 59.6 Å². The van der Waals surface area contributed by atoms with Crippen molar-refractivity contribution in [3.8, 4) is 11.6 Å². The van der Waals surface area contributed by atoms with Gasteiger partial charge in [0.1, 0.15) is 24.5 Å². The third-order valence-corrected chi connectivity index (χ3v) is 15.1. The normalized spacial score (nSPS) is 28.4. The van der Waals surface area contributed by atoms with Gasteiger partial charge in [-0.1, -0.05) is 38.8 Å². The lowest BCUT2D eigenvalue weighted by molar-refractivity contribution is -0.486. The average Bonchev–Trinajstić information content (AvgIpc) is 4.10. The minimum atomic E-state index is -4.97. The molecule has 4 amide bonds. The van der Waals surface area contributed by atoms with Crippen LogP contribution in [0.25, 0.3) is 11.0 Å². The van der Waals surface area contributed by atoms with Crippen LogP contribution >= 0.6 is 0 Å². The summed E-state index contributed by atoms with van der Waals surface area (Å²) in [5.41, 5.74) is -4.38. The van der Waals surface area contributed by atoms with Crippen molar-refractivity contribution in [3.63, 3.8) is 0 Å². The van der Waals surface area contributed by atoms with E-state index in [0.29, 0.717) is 38.5 Å². The zero-order chi connectivity index (χ0) is 43.6. The number of rotatable bonds is 7. The van der Waals surface area contributed by atoms with E-state index in [-0.39, 0.29) is 67.0 Å². The number of methoxy groups -OCH3 is 1. The van der Waals surface area contributed by atoms with E-state index in [1.807, 2.05) is 19.9 Å². The molecule has 2 saturated carbocycles. The molecule has 60 heavy (non-hydrogen) atoms. The number of alkyl carbamates (subject to hydrolysis) is 1. The first-order chi connectivity index (χ1) is 28.1. The summed E-state index contributed by atoms with van der Waals surface area (Å²) in [6, 6.07) is 0.108. The van der Waals surface area contributed by atoms with Gasteiger partial charge in [0.25, 0.3) is 5.54 Å². The Balaban J connectivity index is 1.29.